The van der Waals surface area contributed by atoms with E-state index in [0.717, 1.165) is 4.57 Å². The zero-order valence-electron chi connectivity index (χ0n) is 36.9. The molecule has 4 fully saturated rings. The quantitative estimate of drug-likeness (QED) is 0.0577. The van der Waals surface area contributed by atoms with Gasteiger partial charge in [0.05, 0.1) is 62.2 Å². The Labute approximate surface area is 390 Å². The zero-order chi connectivity index (χ0) is 48.9. The molecular formula is C40H47N17O13. The standard InChI is InChI=1S/C40H47N17O13/c1-14-8-54(39(65)53-34(14)62)22-2-15(58)19(67-22)6-40(7-20-16(59)3-23(68-20)55-11-46-26-30(41)44-10-45-31(26)55,29-18(61)5-25(70-29)57-13-48-28-33(57)50-38(43)52-36(28)64)66-9-21-17(60)4-24(69-21)56-12-47-27-32(56)49-37(42)51-35(27)63/h8,10-13,15-25,29,58-61H,2-7,9H2,1H3,(H2,41,44,45)(H,53,62,65)(H3,42,49,51,63)(H3,43,50,52,64). The van der Waals surface area contributed by atoms with Gasteiger partial charge in [0.15, 0.2) is 33.8 Å². The summed E-state index contributed by atoms with van der Waals surface area (Å²) in [6.45, 7) is 1.09. The molecule has 4 aliphatic rings. The lowest BCUT2D eigenvalue weighted by molar-refractivity contribution is -0.221. The maximum absolute atomic E-state index is 13.1. The highest BCUT2D eigenvalue weighted by atomic mass is 16.6. The van der Waals surface area contributed by atoms with Crippen LogP contribution in [0.15, 0.2) is 50.7 Å². The Morgan fingerprint density at radius 2 is 1.10 bits per heavy atom. The first-order chi connectivity index (χ1) is 33.5. The molecule has 7 aromatic rings. The first-order valence-corrected chi connectivity index (χ1v) is 22.2. The Kier molecular flexibility index (Phi) is 11.1. The number of nitrogens with two attached hydrogens (primary N) is 3. The number of aromatic nitrogens is 14. The van der Waals surface area contributed by atoms with E-state index in [2.05, 4.69) is 49.8 Å². The number of rotatable bonds is 12. The van der Waals surface area contributed by atoms with Gasteiger partial charge in [-0.1, -0.05) is 0 Å². The van der Waals surface area contributed by atoms with Crippen LogP contribution in [0.4, 0.5) is 17.7 Å². The molecule has 13 atom stereocenters. The minimum Gasteiger partial charge on any atom is -0.390 e. The van der Waals surface area contributed by atoms with Crippen LogP contribution in [0, 0.1) is 6.92 Å². The lowest BCUT2D eigenvalue weighted by Crippen LogP contribution is -2.56. The molecule has 7 aromatic heterocycles. The summed E-state index contributed by atoms with van der Waals surface area (Å²) in [5.41, 5.74) is 14.4. The number of aromatic amines is 3. The van der Waals surface area contributed by atoms with Crippen molar-refractivity contribution in [2.75, 3.05) is 23.8 Å². The summed E-state index contributed by atoms with van der Waals surface area (Å²) in [5.74, 6) is -0.236. The van der Waals surface area contributed by atoms with Crippen molar-refractivity contribution in [2.24, 2.45) is 0 Å². The highest BCUT2D eigenvalue weighted by molar-refractivity contribution is 5.81. The third-order valence-electron chi connectivity index (χ3n) is 13.5. The maximum atomic E-state index is 13.1. The molecule has 70 heavy (non-hydrogen) atoms. The summed E-state index contributed by atoms with van der Waals surface area (Å²) in [5, 5.41) is 47.6. The lowest BCUT2D eigenvalue weighted by Gasteiger charge is -2.44. The van der Waals surface area contributed by atoms with Crippen molar-refractivity contribution in [1.29, 1.82) is 0 Å². The summed E-state index contributed by atoms with van der Waals surface area (Å²) in [7, 11) is 0. The molecule has 0 aromatic carbocycles. The van der Waals surface area contributed by atoms with Crippen LogP contribution in [0.3, 0.4) is 0 Å². The minimum atomic E-state index is -1.86. The Bertz CT molecular complexity index is 3380. The number of hydrogen-bond acceptors (Lipinski definition) is 23. The van der Waals surface area contributed by atoms with Gasteiger partial charge in [-0.05, 0) is 6.92 Å². The van der Waals surface area contributed by atoms with Gasteiger partial charge in [-0.25, -0.2) is 29.7 Å². The van der Waals surface area contributed by atoms with Crippen molar-refractivity contribution in [3.63, 3.8) is 0 Å². The van der Waals surface area contributed by atoms with Gasteiger partial charge in [0.2, 0.25) is 11.9 Å². The normalized spacial score (nSPS) is 30.1. The predicted octanol–water partition coefficient (Wildman–Crippen LogP) is -3.17. The van der Waals surface area contributed by atoms with Gasteiger partial charge in [0.25, 0.3) is 16.7 Å². The van der Waals surface area contributed by atoms with Crippen molar-refractivity contribution in [3.05, 3.63) is 78.6 Å². The molecule has 30 heteroatoms. The molecule has 0 bridgehead atoms. The topological polar surface area (TPSA) is 431 Å². The summed E-state index contributed by atoms with van der Waals surface area (Å²) in [6.07, 6.45) is -8.01. The molecule has 0 spiro atoms. The molecule has 11 heterocycles. The number of aliphatic hydroxyl groups excluding tert-OH is 4. The van der Waals surface area contributed by atoms with Crippen molar-refractivity contribution < 1.29 is 44.1 Å². The highest BCUT2D eigenvalue weighted by Crippen LogP contribution is 2.47. The molecule has 4 aliphatic heterocycles. The third kappa shape index (κ3) is 7.77. The fourth-order valence-corrected chi connectivity index (χ4v) is 10.1. The SMILES string of the molecule is Cc1cn(C2CC(O)C(CC(CC3OC(n4cnc5c(N)ncnc54)CC3O)(OCC3OC(n4cnc5c(=O)[nH]c(N)nc54)CC3O)C3OC(n4cnc5c(=O)[nH]c(N)nc54)CC3O)O2)c(=O)[nH]c1=O. The second kappa shape index (κ2) is 17.1. The van der Waals surface area contributed by atoms with Crippen molar-refractivity contribution in [2.45, 2.75) is 125 Å². The molecule has 0 aliphatic carbocycles. The van der Waals surface area contributed by atoms with Gasteiger partial charge in [-0.3, -0.25) is 47.6 Å². The third-order valence-corrected chi connectivity index (χ3v) is 13.5. The van der Waals surface area contributed by atoms with Crippen LogP contribution in [-0.2, 0) is 23.7 Å². The van der Waals surface area contributed by atoms with Crippen LogP contribution in [-0.4, -0.2) is 150 Å². The lowest BCUT2D eigenvalue weighted by atomic mass is 9.80. The van der Waals surface area contributed by atoms with E-state index in [1.165, 1.54) is 47.6 Å². The van der Waals surface area contributed by atoms with Gasteiger partial charge in [0.1, 0.15) is 54.6 Å². The first kappa shape index (κ1) is 45.4. The molecule has 11 rings (SSSR count). The summed E-state index contributed by atoms with van der Waals surface area (Å²) in [6, 6.07) is 0. The summed E-state index contributed by atoms with van der Waals surface area (Å²) >= 11 is 0. The van der Waals surface area contributed by atoms with Crippen LogP contribution < -0.4 is 39.6 Å². The van der Waals surface area contributed by atoms with E-state index in [1.807, 2.05) is 0 Å². The molecule has 13 unspecified atom stereocenters. The Balaban J connectivity index is 0.977. The number of H-pyrrole nitrogens is 3. The number of nitrogens with one attached hydrogen (secondary N) is 3. The van der Waals surface area contributed by atoms with Crippen LogP contribution in [0.5, 0.6) is 0 Å². The fourth-order valence-electron chi connectivity index (χ4n) is 10.1. The van der Waals surface area contributed by atoms with E-state index in [-0.39, 0.29) is 84.1 Å². The van der Waals surface area contributed by atoms with Gasteiger partial charge in [0, 0.05) is 50.3 Å². The minimum absolute atomic E-state index is 0.0122. The molecule has 13 N–H and O–H groups in total. The van der Waals surface area contributed by atoms with E-state index in [0.29, 0.717) is 11.2 Å². The number of ether oxygens (including phenoxy) is 5. The monoisotopic (exact) mass is 973 g/mol. The number of imidazole rings is 3. The molecule has 370 valence electrons. The first-order valence-electron chi connectivity index (χ1n) is 22.2. The van der Waals surface area contributed by atoms with Crippen LogP contribution in [0.2, 0.25) is 0 Å². The average Bonchev–Trinajstić information content (AvgIpc) is 4.18. The second-order valence-electron chi connectivity index (χ2n) is 18.0. The number of fused-ring (bicyclic) bond motifs is 3. The van der Waals surface area contributed by atoms with Crippen molar-refractivity contribution in [1.82, 2.24) is 68.1 Å². The van der Waals surface area contributed by atoms with E-state index >= 15 is 0 Å². The molecule has 0 amide bonds. The van der Waals surface area contributed by atoms with Crippen molar-refractivity contribution in [3.8, 4) is 0 Å². The number of aliphatic hydroxyl groups is 4. The Morgan fingerprint density at radius 3 is 1.69 bits per heavy atom. The second-order valence-corrected chi connectivity index (χ2v) is 18.0. The Morgan fingerprint density at radius 1 is 0.614 bits per heavy atom. The van der Waals surface area contributed by atoms with E-state index in [9.17, 15) is 39.6 Å². The zero-order valence-corrected chi connectivity index (χ0v) is 36.9. The number of nitrogen functional groups attached to an aromatic ring is 3. The summed E-state index contributed by atoms with van der Waals surface area (Å²) < 4.78 is 38.8. The summed E-state index contributed by atoms with van der Waals surface area (Å²) in [4.78, 5) is 87.5. The van der Waals surface area contributed by atoms with Crippen LogP contribution in [0.25, 0.3) is 33.5 Å². The van der Waals surface area contributed by atoms with E-state index in [4.69, 9.17) is 40.9 Å². The largest absolute Gasteiger partial charge is 0.390 e. The number of hydrogen-bond donors (Lipinski definition) is 10. The van der Waals surface area contributed by atoms with Crippen molar-refractivity contribution >= 4 is 51.2 Å². The maximum Gasteiger partial charge on any atom is 0.330 e. The predicted molar refractivity (Wildman–Crippen MR) is 237 cm³/mol. The fraction of sp³-hybridized carbons (Fsp3) is 0.525. The van der Waals surface area contributed by atoms with Gasteiger partial charge in [-0.15, -0.1) is 0 Å². The molecule has 0 radical (unpaired) electrons. The van der Waals surface area contributed by atoms with E-state index in [1.54, 1.807) is 4.57 Å². The number of aryl methyl sites for hydroxylation is 1. The molecule has 4 saturated heterocycles. The van der Waals surface area contributed by atoms with Gasteiger partial charge in [-0.2, -0.15) is 9.97 Å². The molecular weight excluding hydrogens is 927 g/mol. The Hall–Kier alpha value is -7.03. The van der Waals surface area contributed by atoms with Crippen LogP contribution in [0.1, 0.15) is 69.0 Å². The molecule has 0 saturated carbocycles. The molecule has 30 nitrogen and oxygen atoms in total. The van der Waals surface area contributed by atoms with Gasteiger partial charge >= 0.3 is 5.69 Å². The smallest absolute Gasteiger partial charge is 0.330 e. The number of anilines is 3. The van der Waals surface area contributed by atoms with Crippen LogP contribution >= 0.6 is 0 Å². The van der Waals surface area contributed by atoms with Gasteiger partial charge < -0.3 is 61.3 Å². The number of nitrogens with zero attached hydrogens (tertiary/aromatic N) is 11. The van der Waals surface area contributed by atoms with E-state index < -0.39 is 108 Å². The average molecular weight is 974 g/mol. The highest BCUT2D eigenvalue weighted by Gasteiger charge is 2.57.